The van der Waals surface area contributed by atoms with Crippen LogP contribution in [-0.4, -0.2) is 6.18 Å². The van der Waals surface area contributed by atoms with Crippen molar-refractivity contribution in [3.8, 4) is 5.75 Å². The van der Waals surface area contributed by atoms with E-state index in [1.165, 1.54) is 0 Å². The molecule has 1 heterocycles. The Morgan fingerprint density at radius 1 is 0.920 bits per heavy atom. The van der Waals surface area contributed by atoms with Gasteiger partial charge in [-0.3, -0.25) is 0 Å². The summed E-state index contributed by atoms with van der Waals surface area (Å²) in [4.78, 5) is 0. The maximum atomic E-state index is 13.4. The number of ether oxygens (including phenoxy) is 1. The summed E-state index contributed by atoms with van der Waals surface area (Å²) < 4.78 is 46.4. The Labute approximate surface area is 145 Å². The average molecular weight is 346 g/mol. The molecule has 2 aromatic rings. The Morgan fingerprint density at radius 2 is 1.60 bits per heavy atom. The van der Waals surface area contributed by atoms with E-state index in [4.69, 9.17) is 4.74 Å². The highest BCUT2D eigenvalue weighted by Crippen LogP contribution is 2.58. The molecule has 0 bridgehead atoms. The molecule has 132 valence electrons. The third-order valence-corrected chi connectivity index (χ3v) is 5.69. The molecule has 2 aromatic carbocycles. The maximum absolute atomic E-state index is 13.4. The molecule has 1 aliphatic heterocycles. The highest BCUT2D eigenvalue weighted by molar-refractivity contribution is 5.44. The van der Waals surface area contributed by atoms with Crippen LogP contribution in [0.2, 0.25) is 0 Å². The minimum atomic E-state index is -4.14. The SMILES string of the molecule is Cc1ccc([C@H]2Oc3ccc(C)cc3[C@H]3C[C@@H](C(F)(F)F)C[C@H]32)cc1. The summed E-state index contributed by atoms with van der Waals surface area (Å²) >= 11 is 0. The van der Waals surface area contributed by atoms with Gasteiger partial charge in [0.15, 0.2) is 0 Å². The molecule has 0 radical (unpaired) electrons. The lowest BCUT2D eigenvalue weighted by atomic mass is 9.79. The zero-order valence-electron chi connectivity index (χ0n) is 14.3. The molecule has 4 heteroatoms. The van der Waals surface area contributed by atoms with Crippen molar-refractivity contribution in [1.82, 2.24) is 0 Å². The molecule has 4 rings (SSSR count). The van der Waals surface area contributed by atoms with Gasteiger partial charge in [-0.2, -0.15) is 13.2 Å². The number of hydrogen-bond donors (Lipinski definition) is 0. The van der Waals surface area contributed by atoms with E-state index in [0.29, 0.717) is 0 Å². The molecule has 0 amide bonds. The Hall–Kier alpha value is -1.97. The lowest BCUT2D eigenvalue weighted by molar-refractivity contribution is -0.173. The minimum absolute atomic E-state index is 0.0958. The van der Waals surface area contributed by atoms with Crippen LogP contribution in [-0.2, 0) is 0 Å². The molecule has 0 aromatic heterocycles. The maximum Gasteiger partial charge on any atom is 0.391 e. The summed E-state index contributed by atoms with van der Waals surface area (Å²) in [7, 11) is 0. The van der Waals surface area contributed by atoms with Gasteiger partial charge in [-0.1, -0.05) is 47.5 Å². The normalized spacial score (nSPS) is 28.2. The number of alkyl halides is 3. The number of aryl methyl sites for hydroxylation is 2. The second kappa shape index (κ2) is 5.79. The molecule has 4 atom stereocenters. The first-order valence-electron chi connectivity index (χ1n) is 8.73. The first-order valence-corrected chi connectivity index (χ1v) is 8.73. The van der Waals surface area contributed by atoms with Crippen molar-refractivity contribution < 1.29 is 17.9 Å². The molecule has 0 N–H and O–H groups in total. The number of hydrogen-bond acceptors (Lipinski definition) is 1. The molecular formula is C21H21F3O. The van der Waals surface area contributed by atoms with E-state index in [0.717, 1.165) is 28.0 Å². The van der Waals surface area contributed by atoms with E-state index < -0.39 is 12.1 Å². The summed E-state index contributed by atoms with van der Waals surface area (Å²) in [6.45, 7) is 3.97. The smallest absolute Gasteiger partial charge is 0.391 e. The van der Waals surface area contributed by atoms with Crippen LogP contribution in [0.15, 0.2) is 42.5 Å². The number of halogens is 3. The molecule has 25 heavy (non-hydrogen) atoms. The van der Waals surface area contributed by atoms with Crippen LogP contribution in [0.3, 0.4) is 0 Å². The lowest BCUT2D eigenvalue weighted by Gasteiger charge is -2.36. The van der Waals surface area contributed by atoms with Crippen LogP contribution < -0.4 is 4.74 Å². The van der Waals surface area contributed by atoms with Crippen molar-refractivity contribution in [2.45, 2.75) is 44.9 Å². The van der Waals surface area contributed by atoms with Crippen molar-refractivity contribution in [1.29, 1.82) is 0 Å². The van der Waals surface area contributed by atoms with Crippen LogP contribution in [0.5, 0.6) is 5.75 Å². The van der Waals surface area contributed by atoms with Crippen molar-refractivity contribution in [3.63, 3.8) is 0 Å². The topological polar surface area (TPSA) is 9.23 Å². The van der Waals surface area contributed by atoms with Gasteiger partial charge in [-0.05, 0) is 49.8 Å². The Bertz CT molecular complexity index is 779. The predicted octanol–water partition coefficient (Wildman–Crippen LogP) is 6.11. The van der Waals surface area contributed by atoms with E-state index >= 15 is 0 Å². The zero-order chi connectivity index (χ0) is 17.8. The van der Waals surface area contributed by atoms with Crippen LogP contribution in [0.25, 0.3) is 0 Å². The summed E-state index contributed by atoms with van der Waals surface area (Å²) in [6.07, 6.45) is -4.15. The molecule has 0 spiro atoms. The van der Waals surface area contributed by atoms with Gasteiger partial charge in [0.2, 0.25) is 0 Å². The first-order chi connectivity index (χ1) is 11.8. The van der Waals surface area contributed by atoms with E-state index in [9.17, 15) is 13.2 Å². The molecule has 1 fully saturated rings. The molecule has 1 aliphatic carbocycles. The molecule has 1 nitrogen and oxygen atoms in total. The standard InChI is InChI=1S/C21H21F3O/c1-12-3-6-14(7-4-12)20-18-11-15(21(22,23)24)10-16(18)17-9-13(2)5-8-19(17)25-20/h3-9,15-16,18,20H,10-11H2,1-2H3/t15-,16-,18-,20-/m1/s1. The summed E-state index contributed by atoms with van der Waals surface area (Å²) in [5.74, 6) is -0.740. The van der Waals surface area contributed by atoms with Crippen molar-refractivity contribution >= 4 is 0 Å². The van der Waals surface area contributed by atoms with Crippen molar-refractivity contribution in [2.75, 3.05) is 0 Å². The second-order valence-electron chi connectivity index (χ2n) is 7.47. The van der Waals surface area contributed by atoms with Crippen LogP contribution in [0.4, 0.5) is 13.2 Å². The van der Waals surface area contributed by atoms with Crippen molar-refractivity contribution in [2.24, 2.45) is 11.8 Å². The molecule has 2 aliphatic rings. The van der Waals surface area contributed by atoms with Gasteiger partial charge < -0.3 is 4.74 Å². The zero-order valence-corrected chi connectivity index (χ0v) is 14.3. The quantitative estimate of drug-likeness (QED) is 0.605. The van der Waals surface area contributed by atoms with Gasteiger partial charge in [0.25, 0.3) is 0 Å². The monoisotopic (exact) mass is 346 g/mol. The van der Waals surface area contributed by atoms with Gasteiger partial charge in [0, 0.05) is 5.92 Å². The average Bonchev–Trinajstić information content (AvgIpc) is 3.01. The van der Waals surface area contributed by atoms with E-state index in [2.05, 4.69) is 0 Å². The third-order valence-electron chi connectivity index (χ3n) is 5.69. The fourth-order valence-corrected chi connectivity index (χ4v) is 4.39. The van der Waals surface area contributed by atoms with E-state index in [1.54, 1.807) is 0 Å². The van der Waals surface area contributed by atoms with Crippen LogP contribution >= 0.6 is 0 Å². The van der Waals surface area contributed by atoms with E-state index in [1.807, 2.05) is 56.3 Å². The van der Waals surface area contributed by atoms with E-state index in [-0.39, 0.29) is 30.8 Å². The highest BCUT2D eigenvalue weighted by Gasteiger charge is 2.53. The first kappa shape index (κ1) is 16.5. The fourth-order valence-electron chi connectivity index (χ4n) is 4.39. The van der Waals surface area contributed by atoms with Gasteiger partial charge in [0.05, 0.1) is 5.92 Å². The Morgan fingerprint density at radius 3 is 2.28 bits per heavy atom. The molecule has 0 unspecified atom stereocenters. The number of rotatable bonds is 1. The lowest BCUT2D eigenvalue weighted by Crippen LogP contribution is -2.27. The minimum Gasteiger partial charge on any atom is -0.485 e. The number of benzene rings is 2. The third kappa shape index (κ3) is 2.92. The highest BCUT2D eigenvalue weighted by atomic mass is 19.4. The van der Waals surface area contributed by atoms with Crippen LogP contribution in [0.1, 0.15) is 47.1 Å². The van der Waals surface area contributed by atoms with Gasteiger partial charge in [0.1, 0.15) is 11.9 Å². The number of fused-ring (bicyclic) bond motifs is 3. The summed E-state index contributed by atoms with van der Waals surface area (Å²) in [6, 6.07) is 13.8. The molecule has 0 saturated heterocycles. The Kier molecular flexibility index (Phi) is 3.82. The largest absolute Gasteiger partial charge is 0.485 e. The molecule has 1 saturated carbocycles. The second-order valence-corrected chi connectivity index (χ2v) is 7.47. The van der Waals surface area contributed by atoms with Crippen molar-refractivity contribution in [3.05, 3.63) is 64.7 Å². The Balaban J connectivity index is 1.77. The summed E-state index contributed by atoms with van der Waals surface area (Å²) in [5, 5.41) is 0. The fraction of sp³-hybridized carbons (Fsp3) is 0.429. The predicted molar refractivity (Wildman–Crippen MR) is 90.7 cm³/mol. The van der Waals surface area contributed by atoms with Crippen LogP contribution in [0, 0.1) is 25.7 Å². The van der Waals surface area contributed by atoms with Gasteiger partial charge >= 0.3 is 6.18 Å². The summed E-state index contributed by atoms with van der Waals surface area (Å²) in [5.41, 5.74) is 4.10. The molecular weight excluding hydrogens is 325 g/mol. The van der Waals surface area contributed by atoms with Gasteiger partial charge in [-0.25, -0.2) is 0 Å². The van der Waals surface area contributed by atoms with Gasteiger partial charge in [-0.15, -0.1) is 0 Å².